The predicted octanol–water partition coefficient (Wildman–Crippen LogP) is 16.3. The molecule has 2 heterocycles. The lowest BCUT2D eigenvalue weighted by Gasteiger charge is -2.47. The molecular weight excluding hydrogens is 832 g/mol. The third-order valence-electron chi connectivity index (χ3n) is 17.1. The van der Waals surface area contributed by atoms with E-state index in [2.05, 4.69) is 247 Å². The van der Waals surface area contributed by atoms with E-state index in [-0.39, 0.29) is 39.2 Å². The summed E-state index contributed by atoms with van der Waals surface area (Å²) in [5.41, 5.74) is 26.9. The van der Waals surface area contributed by atoms with E-state index in [0.717, 1.165) is 6.42 Å². The van der Waals surface area contributed by atoms with Crippen LogP contribution >= 0.6 is 0 Å². The van der Waals surface area contributed by atoms with Crippen molar-refractivity contribution in [1.82, 2.24) is 0 Å². The second kappa shape index (κ2) is 15.1. The lowest BCUT2D eigenvalue weighted by Crippen LogP contribution is -2.61. The van der Waals surface area contributed by atoms with E-state index in [1.54, 1.807) is 0 Å². The van der Waals surface area contributed by atoms with Crippen molar-refractivity contribution < 1.29 is 0 Å². The summed E-state index contributed by atoms with van der Waals surface area (Å²) in [4.78, 5) is 5.41. The molecule has 2 aliphatic heterocycles. The minimum atomic E-state index is -0.130. The van der Waals surface area contributed by atoms with E-state index in [0.29, 0.717) is 0 Å². The molecule has 0 fully saturated rings. The summed E-state index contributed by atoms with van der Waals surface area (Å²) in [6.45, 7) is 36.4. The Hall–Kier alpha value is -5.80. The third kappa shape index (κ3) is 7.18. The molecule has 0 aromatic heterocycles. The fraction of sp³-hybridized carbons (Fsp3) is 0.364. The van der Waals surface area contributed by atoms with Gasteiger partial charge in [0.25, 0.3) is 6.71 Å². The Labute approximate surface area is 415 Å². The van der Waals surface area contributed by atoms with Crippen molar-refractivity contribution in [1.29, 1.82) is 0 Å². The first-order valence-electron chi connectivity index (χ1n) is 25.9. The van der Waals surface area contributed by atoms with E-state index < -0.39 is 0 Å². The molecule has 0 saturated carbocycles. The molecule has 69 heavy (non-hydrogen) atoms. The molecule has 0 N–H and O–H groups in total. The van der Waals surface area contributed by atoms with Gasteiger partial charge in [-0.3, -0.25) is 0 Å². The highest BCUT2D eigenvalue weighted by Gasteiger charge is 2.49. The van der Waals surface area contributed by atoms with E-state index in [9.17, 15) is 0 Å². The molecule has 7 aromatic rings. The van der Waals surface area contributed by atoms with Crippen molar-refractivity contribution in [2.75, 3.05) is 9.80 Å². The number of hydrogen-bond donors (Lipinski definition) is 0. The summed E-state index contributed by atoms with van der Waals surface area (Å²) in [6, 6.07) is 52.5. The summed E-state index contributed by atoms with van der Waals surface area (Å²) in [7, 11) is 0. The van der Waals surface area contributed by atoms with E-state index >= 15 is 0 Å². The number of benzene rings is 7. The summed E-state index contributed by atoms with van der Waals surface area (Å²) in [6.07, 6.45) is 3.49. The summed E-state index contributed by atoms with van der Waals surface area (Å²) in [5.74, 6) is 0. The fourth-order valence-corrected chi connectivity index (χ4v) is 13.2. The van der Waals surface area contributed by atoms with Gasteiger partial charge in [0.05, 0.1) is 5.69 Å². The molecule has 0 spiro atoms. The molecule has 7 aromatic carbocycles. The van der Waals surface area contributed by atoms with E-state index in [1.165, 1.54) is 125 Å². The molecular formula is C66H73BN2. The first-order chi connectivity index (χ1) is 32.4. The van der Waals surface area contributed by atoms with Crippen molar-refractivity contribution in [2.24, 2.45) is 0 Å². The van der Waals surface area contributed by atoms with Crippen LogP contribution in [0.2, 0.25) is 0 Å². The quantitative estimate of drug-likeness (QED) is 0.162. The molecule has 0 unspecified atom stereocenters. The zero-order chi connectivity index (χ0) is 49.0. The lowest BCUT2D eigenvalue weighted by atomic mass is 9.33. The third-order valence-corrected chi connectivity index (χ3v) is 17.1. The molecule has 2 aliphatic carbocycles. The molecule has 0 saturated heterocycles. The number of rotatable bonds is 4. The van der Waals surface area contributed by atoms with Gasteiger partial charge in [-0.1, -0.05) is 188 Å². The zero-order valence-corrected chi connectivity index (χ0v) is 44.3. The Morgan fingerprint density at radius 3 is 1.49 bits per heavy atom. The maximum Gasteiger partial charge on any atom is 0.252 e. The molecule has 3 heteroatoms. The summed E-state index contributed by atoms with van der Waals surface area (Å²) in [5, 5.41) is 0. The van der Waals surface area contributed by atoms with Gasteiger partial charge in [0, 0.05) is 34.0 Å². The van der Waals surface area contributed by atoms with Crippen LogP contribution in [0.1, 0.15) is 155 Å². The topological polar surface area (TPSA) is 6.48 Å². The van der Waals surface area contributed by atoms with Crippen LogP contribution in [0.25, 0.3) is 22.3 Å². The normalized spacial score (nSPS) is 18.0. The molecule has 0 atom stereocenters. The minimum Gasteiger partial charge on any atom is -0.311 e. The Balaban J connectivity index is 1.31. The van der Waals surface area contributed by atoms with Gasteiger partial charge in [0.1, 0.15) is 0 Å². The maximum absolute atomic E-state index is 2.75. The van der Waals surface area contributed by atoms with Gasteiger partial charge in [-0.25, -0.2) is 0 Å². The average molecular weight is 905 g/mol. The van der Waals surface area contributed by atoms with Crippen LogP contribution in [0.5, 0.6) is 0 Å². The van der Waals surface area contributed by atoms with Crippen LogP contribution in [-0.4, -0.2) is 6.71 Å². The highest BCUT2D eigenvalue weighted by molar-refractivity contribution is 7.00. The van der Waals surface area contributed by atoms with Crippen LogP contribution < -0.4 is 26.2 Å². The maximum atomic E-state index is 2.75. The van der Waals surface area contributed by atoms with Gasteiger partial charge in [-0.05, 0) is 173 Å². The number of aryl methyl sites for hydroxylation is 1. The first kappa shape index (κ1) is 45.6. The predicted molar refractivity (Wildman–Crippen MR) is 299 cm³/mol. The number of hydrogen-bond acceptors (Lipinski definition) is 2. The summed E-state index contributed by atoms with van der Waals surface area (Å²) >= 11 is 0. The molecule has 4 aliphatic rings. The van der Waals surface area contributed by atoms with Crippen molar-refractivity contribution in [3.8, 4) is 22.3 Å². The van der Waals surface area contributed by atoms with Gasteiger partial charge >= 0.3 is 0 Å². The lowest BCUT2D eigenvalue weighted by molar-refractivity contribution is 0.332. The molecule has 0 radical (unpaired) electrons. The smallest absolute Gasteiger partial charge is 0.252 e. The van der Waals surface area contributed by atoms with Gasteiger partial charge in [-0.2, -0.15) is 0 Å². The number of nitrogens with zero attached hydrogens (tertiary/aromatic N) is 2. The fourth-order valence-electron chi connectivity index (χ4n) is 13.2. The molecule has 2 nitrogen and oxygen atoms in total. The molecule has 350 valence electrons. The Bertz CT molecular complexity index is 3230. The van der Waals surface area contributed by atoms with Crippen LogP contribution in [0.4, 0.5) is 34.1 Å². The van der Waals surface area contributed by atoms with Gasteiger partial charge < -0.3 is 9.80 Å². The van der Waals surface area contributed by atoms with Gasteiger partial charge in [0.15, 0.2) is 0 Å². The second-order valence-corrected chi connectivity index (χ2v) is 26.1. The standard InChI is InChI=1S/C66H73BN2/c1-41-32-48-50(64(10,11)31-30-63(48,8)9)38-56(41)69-57-39-51-49(65(12,13)40-66(51,14)15)37-53(57)67-52-33-44(42-22-18-16-19-23-42)26-28-55(52)68(58-35-46(62(5,6)7)36-59(69)60(58)67)54-29-27-45(61(2,3)4)34-47(54)43-24-20-17-21-25-43/h16-29,32-39H,30-31,40H2,1-15H3. The second-order valence-electron chi connectivity index (χ2n) is 26.1. The largest absolute Gasteiger partial charge is 0.311 e. The summed E-state index contributed by atoms with van der Waals surface area (Å²) < 4.78 is 0. The average Bonchev–Trinajstić information content (AvgIpc) is 3.48. The zero-order valence-electron chi connectivity index (χ0n) is 44.3. The van der Waals surface area contributed by atoms with Crippen LogP contribution in [-0.2, 0) is 32.5 Å². The monoisotopic (exact) mass is 905 g/mol. The molecule has 11 rings (SSSR count). The Morgan fingerprint density at radius 1 is 0.406 bits per heavy atom. The van der Waals surface area contributed by atoms with Crippen molar-refractivity contribution >= 4 is 57.2 Å². The first-order valence-corrected chi connectivity index (χ1v) is 25.9. The Morgan fingerprint density at radius 2 is 0.899 bits per heavy atom. The molecule has 0 bridgehead atoms. The van der Waals surface area contributed by atoms with Gasteiger partial charge in [0.2, 0.25) is 0 Å². The van der Waals surface area contributed by atoms with Crippen LogP contribution in [0, 0.1) is 6.92 Å². The number of fused-ring (bicyclic) bond motifs is 6. The van der Waals surface area contributed by atoms with Crippen LogP contribution in [0.3, 0.4) is 0 Å². The van der Waals surface area contributed by atoms with Crippen molar-refractivity contribution in [2.45, 2.75) is 156 Å². The highest BCUT2D eigenvalue weighted by atomic mass is 15.2. The van der Waals surface area contributed by atoms with Crippen molar-refractivity contribution in [3.63, 3.8) is 0 Å². The Kier molecular flexibility index (Phi) is 9.99. The minimum absolute atomic E-state index is 0.00248. The molecule has 0 amide bonds. The highest BCUT2D eigenvalue weighted by Crippen LogP contribution is 2.55. The number of anilines is 6. The van der Waals surface area contributed by atoms with E-state index in [1.807, 2.05) is 0 Å². The van der Waals surface area contributed by atoms with Crippen LogP contribution in [0.15, 0.2) is 133 Å². The van der Waals surface area contributed by atoms with E-state index in [4.69, 9.17) is 0 Å². The van der Waals surface area contributed by atoms with Crippen molar-refractivity contribution in [3.05, 3.63) is 172 Å². The van der Waals surface area contributed by atoms with Gasteiger partial charge in [-0.15, -0.1) is 0 Å². The SMILES string of the molecule is Cc1cc2c(cc1N1c3cc4c(cc3B3c5cc(-c6ccccc6)ccc5N(c5ccc(C(C)(C)C)cc5-c5ccccc5)c5cc(C(C)(C)C)cc1c53)C(C)(C)CC4(C)C)C(C)(C)CCC2(C)C.